The Hall–Kier alpha value is -3.58. The largest absolute Gasteiger partial charge is 0.305 e. The third-order valence-electron chi connectivity index (χ3n) is 5.83. The van der Waals surface area contributed by atoms with Crippen molar-refractivity contribution in [3.8, 4) is 11.5 Å². The summed E-state index contributed by atoms with van der Waals surface area (Å²) in [6, 6.07) is 15.9. The molecule has 4 heterocycles. The molecule has 0 saturated heterocycles. The molecular weight excluding hydrogens is 388 g/mol. The third kappa shape index (κ3) is 4.04. The number of hydrogen-bond acceptors (Lipinski definition) is 5. The van der Waals surface area contributed by atoms with Gasteiger partial charge in [0.25, 0.3) is 5.56 Å². The van der Waals surface area contributed by atoms with E-state index in [1.165, 1.54) is 11.1 Å². The molecule has 7 nitrogen and oxygen atoms in total. The Morgan fingerprint density at radius 3 is 2.71 bits per heavy atom. The number of fused-ring (bicyclic) bond motifs is 1. The first kappa shape index (κ1) is 19.4. The van der Waals surface area contributed by atoms with Crippen molar-refractivity contribution in [1.82, 2.24) is 29.6 Å². The molecule has 3 aromatic heterocycles. The Balaban J connectivity index is 1.32. The summed E-state index contributed by atoms with van der Waals surface area (Å²) < 4.78 is 2.04. The van der Waals surface area contributed by atoms with Crippen LogP contribution in [0.1, 0.15) is 28.1 Å². The lowest BCUT2D eigenvalue weighted by Gasteiger charge is -2.27. The lowest BCUT2D eigenvalue weighted by atomic mass is 10.1. The van der Waals surface area contributed by atoms with E-state index in [0.29, 0.717) is 18.1 Å². The summed E-state index contributed by atoms with van der Waals surface area (Å²) in [4.78, 5) is 27.0. The van der Waals surface area contributed by atoms with Gasteiger partial charge in [-0.05, 0) is 24.6 Å². The molecule has 156 valence electrons. The second kappa shape index (κ2) is 8.28. The maximum absolute atomic E-state index is 12.8. The van der Waals surface area contributed by atoms with Crippen LogP contribution >= 0.6 is 0 Å². The molecule has 0 unspecified atom stereocenters. The molecule has 1 N–H and O–H groups in total. The molecule has 0 atom stereocenters. The molecule has 1 aliphatic rings. The number of aromatic nitrogens is 5. The summed E-state index contributed by atoms with van der Waals surface area (Å²) in [7, 11) is 0. The summed E-state index contributed by atoms with van der Waals surface area (Å²) in [5, 5.41) is 4.59. The van der Waals surface area contributed by atoms with E-state index in [1.54, 1.807) is 6.20 Å². The molecule has 0 aliphatic carbocycles. The number of nitrogens with zero attached hydrogens (tertiary/aromatic N) is 5. The van der Waals surface area contributed by atoms with Gasteiger partial charge in [0.2, 0.25) is 0 Å². The van der Waals surface area contributed by atoms with Gasteiger partial charge in [-0.2, -0.15) is 5.10 Å². The van der Waals surface area contributed by atoms with Crippen molar-refractivity contribution in [2.45, 2.75) is 33.0 Å². The van der Waals surface area contributed by atoms with Gasteiger partial charge in [-0.15, -0.1) is 0 Å². The number of hydrogen-bond donors (Lipinski definition) is 1. The summed E-state index contributed by atoms with van der Waals surface area (Å²) in [5.41, 5.74) is 5.81. The van der Waals surface area contributed by atoms with Gasteiger partial charge in [0.05, 0.1) is 24.0 Å². The van der Waals surface area contributed by atoms with Crippen LogP contribution in [0.5, 0.6) is 0 Å². The van der Waals surface area contributed by atoms with Crippen LogP contribution in [0, 0.1) is 6.92 Å². The molecule has 0 saturated carbocycles. The molecule has 1 aliphatic heterocycles. The van der Waals surface area contributed by atoms with E-state index in [2.05, 4.69) is 39.0 Å². The number of rotatable bonds is 5. The number of H-pyrrole nitrogens is 1. The molecule has 0 radical (unpaired) electrons. The maximum atomic E-state index is 12.8. The molecule has 1 aromatic carbocycles. The summed E-state index contributed by atoms with van der Waals surface area (Å²) >= 11 is 0. The Morgan fingerprint density at radius 2 is 1.90 bits per heavy atom. The standard InChI is InChI=1S/C24H24N6O/c1-17-19(13-26-30(17)14-18-7-3-2-4-8-18)15-29-12-10-21-20(16-29)24(31)28-23(27-21)22-9-5-6-11-25-22/h2-9,11,13H,10,12,14-16H2,1H3,(H,27,28,31). The monoisotopic (exact) mass is 412 g/mol. The smallest absolute Gasteiger partial charge is 0.255 e. The minimum atomic E-state index is -0.0770. The van der Waals surface area contributed by atoms with E-state index in [1.807, 2.05) is 47.3 Å². The van der Waals surface area contributed by atoms with Crippen molar-refractivity contribution in [3.05, 3.63) is 99.4 Å². The van der Waals surface area contributed by atoms with Gasteiger partial charge in [-0.25, -0.2) is 4.98 Å². The first-order chi connectivity index (χ1) is 15.2. The van der Waals surface area contributed by atoms with Gasteiger partial charge < -0.3 is 4.98 Å². The Morgan fingerprint density at radius 1 is 1.06 bits per heavy atom. The van der Waals surface area contributed by atoms with Crippen molar-refractivity contribution >= 4 is 0 Å². The van der Waals surface area contributed by atoms with Gasteiger partial charge in [0, 0.05) is 43.5 Å². The number of nitrogens with one attached hydrogen (secondary N) is 1. The predicted molar refractivity (Wildman–Crippen MR) is 118 cm³/mol. The third-order valence-corrected chi connectivity index (χ3v) is 5.83. The highest BCUT2D eigenvalue weighted by molar-refractivity contribution is 5.49. The van der Waals surface area contributed by atoms with Crippen LogP contribution in [-0.2, 0) is 26.1 Å². The lowest BCUT2D eigenvalue weighted by molar-refractivity contribution is 0.241. The Labute approximate surface area is 180 Å². The average molecular weight is 412 g/mol. The summed E-state index contributed by atoms with van der Waals surface area (Å²) in [6.07, 6.45) is 4.40. The van der Waals surface area contributed by atoms with Gasteiger partial charge in [0.15, 0.2) is 5.82 Å². The van der Waals surface area contributed by atoms with Crippen LogP contribution in [-0.4, -0.2) is 36.2 Å². The van der Waals surface area contributed by atoms with Crippen LogP contribution in [0.4, 0.5) is 0 Å². The minimum absolute atomic E-state index is 0.0770. The quantitative estimate of drug-likeness (QED) is 0.545. The first-order valence-electron chi connectivity index (χ1n) is 10.5. The normalized spacial score (nSPS) is 13.8. The second-order valence-electron chi connectivity index (χ2n) is 7.91. The topological polar surface area (TPSA) is 79.7 Å². The van der Waals surface area contributed by atoms with E-state index in [0.717, 1.165) is 43.0 Å². The molecule has 0 fully saturated rings. The van der Waals surface area contributed by atoms with Gasteiger partial charge in [-0.1, -0.05) is 36.4 Å². The molecule has 0 spiro atoms. The van der Waals surface area contributed by atoms with Crippen molar-refractivity contribution in [3.63, 3.8) is 0 Å². The molecule has 31 heavy (non-hydrogen) atoms. The van der Waals surface area contributed by atoms with Crippen molar-refractivity contribution in [2.75, 3.05) is 6.54 Å². The van der Waals surface area contributed by atoms with Crippen molar-refractivity contribution < 1.29 is 0 Å². The number of pyridine rings is 1. The van der Waals surface area contributed by atoms with Crippen molar-refractivity contribution in [1.29, 1.82) is 0 Å². The summed E-state index contributed by atoms with van der Waals surface area (Å²) in [6.45, 7) is 5.07. The minimum Gasteiger partial charge on any atom is -0.305 e. The predicted octanol–water partition coefficient (Wildman–Crippen LogP) is 2.94. The van der Waals surface area contributed by atoms with E-state index in [-0.39, 0.29) is 5.56 Å². The van der Waals surface area contributed by atoms with Crippen LogP contribution in [0.3, 0.4) is 0 Å². The fourth-order valence-electron chi connectivity index (χ4n) is 4.04. The summed E-state index contributed by atoms with van der Waals surface area (Å²) in [5.74, 6) is 0.538. The zero-order valence-corrected chi connectivity index (χ0v) is 17.5. The molecule has 4 aromatic rings. The van der Waals surface area contributed by atoms with Crippen LogP contribution in [0.15, 0.2) is 65.7 Å². The Bertz CT molecular complexity index is 1250. The SMILES string of the molecule is Cc1c(CN2CCc3nc(-c4ccccn4)[nH]c(=O)c3C2)cnn1Cc1ccccc1. The van der Waals surface area contributed by atoms with Crippen LogP contribution in [0.25, 0.3) is 11.5 Å². The average Bonchev–Trinajstić information content (AvgIpc) is 3.14. The zero-order chi connectivity index (χ0) is 21.2. The van der Waals surface area contributed by atoms with Crippen LogP contribution in [0.2, 0.25) is 0 Å². The van der Waals surface area contributed by atoms with Gasteiger partial charge in [0.1, 0.15) is 5.69 Å². The number of aromatic amines is 1. The molecule has 0 amide bonds. The molecule has 7 heteroatoms. The lowest BCUT2D eigenvalue weighted by Crippen LogP contribution is -2.35. The molecule has 5 rings (SSSR count). The second-order valence-corrected chi connectivity index (χ2v) is 7.91. The molecule has 0 bridgehead atoms. The van der Waals surface area contributed by atoms with Crippen molar-refractivity contribution in [2.24, 2.45) is 0 Å². The van der Waals surface area contributed by atoms with E-state index in [9.17, 15) is 4.79 Å². The highest BCUT2D eigenvalue weighted by atomic mass is 16.1. The van der Waals surface area contributed by atoms with E-state index < -0.39 is 0 Å². The maximum Gasteiger partial charge on any atom is 0.255 e. The van der Waals surface area contributed by atoms with E-state index >= 15 is 0 Å². The highest BCUT2D eigenvalue weighted by Crippen LogP contribution is 2.20. The molecular formula is C24H24N6O. The first-order valence-corrected chi connectivity index (χ1v) is 10.5. The zero-order valence-electron chi connectivity index (χ0n) is 17.5. The van der Waals surface area contributed by atoms with E-state index in [4.69, 9.17) is 4.98 Å². The van der Waals surface area contributed by atoms with Gasteiger partial charge in [-0.3, -0.25) is 19.4 Å². The highest BCUT2D eigenvalue weighted by Gasteiger charge is 2.23. The van der Waals surface area contributed by atoms with Crippen LogP contribution < -0.4 is 5.56 Å². The Kier molecular flexibility index (Phi) is 5.18. The fourth-order valence-corrected chi connectivity index (χ4v) is 4.04. The number of benzene rings is 1. The fraction of sp³-hybridized carbons (Fsp3) is 0.250. The van der Waals surface area contributed by atoms with Gasteiger partial charge >= 0.3 is 0 Å².